The number of rotatable bonds is 7. The van der Waals surface area contributed by atoms with Gasteiger partial charge in [-0.25, -0.2) is 4.98 Å². The molecule has 0 aliphatic rings. The molecule has 0 spiro atoms. The van der Waals surface area contributed by atoms with E-state index in [0.29, 0.717) is 19.0 Å². The van der Waals surface area contributed by atoms with Crippen LogP contribution in [-0.4, -0.2) is 31.5 Å². The molecule has 0 amide bonds. The number of aromatic nitrogens is 4. The summed E-state index contributed by atoms with van der Waals surface area (Å²) in [5.74, 6) is 1.29. The molecule has 2 aromatic heterocycles. The third-order valence-electron chi connectivity index (χ3n) is 3.49. The molecule has 2 heterocycles. The quantitative estimate of drug-likeness (QED) is 0.618. The Morgan fingerprint density at radius 3 is 2.79 bits per heavy atom. The zero-order valence-electron chi connectivity index (χ0n) is 13.5. The molecule has 3 aromatic rings. The smallest absolute Gasteiger partial charge is 0.229 e. The van der Waals surface area contributed by atoms with Crippen LogP contribution in [0.25, 0.3) is 0 Å². The van der Waals surface area contributed by atoms with Crippen molar-refractivity contribution in [3.8, 4) is 0 Å². The van der Waals surface area contributed by atoms with Gasteiger partial charge in [-0.05, 0) is 12.5 Å². The van der Waals surface area contributed by atoms with Crippen LogP contribution >= 0.6 is 0 Å². The average molecular weight is 324 g/mol. The van der Waals surface area contributed by atoms with E-state index in [2.05, 4.69) is 37.8 Å². The van der Waals surface area contributed by atoms with Gasteiger partial charge >= 0.3 is 0 Å². The van der Waals surface area contributed by atoms with Gasteiger partial charge in [0.2, 0.25) is 5.95 Å². The highest BCUT2D eigenvalue weighted by Crippen LogP contribution is 2.17. The van der Waals surface area contributed by atoms with E-state index in [1.54, 1.807) is 23.3 Å². The number of hydrogen-bond donors (Lipinski definition) is 3. The SMILES string of the molecule is Cc1cnc(Nc2cnn(CCO)c2)nc1NCc1ccccc1. The standard InChI is InChI=1S/C17H20N6O/c1-13-9-19-17(21-15-11-20-23(12-15)7-8-24)22-16(13)18-10-14-5-3-2-4-6-14/h2-6,9,11-12,24H,7-8,10H2,1H3,(H2,18,19,21,22). The maximum atomic E-state index is 8.92. The van der Waals surface area contributed by atoms with Gasteiger partial charge in [-0.2, -0.15) is 10.1 Å². The summed E-state index contributed by atoms with van der Waals surface area (Å²) in [6, 6.07) is 10.2. The zero-order valence-corrected chi connectivity index (χ0v) is 13.5. The van der Waals surface area contributed by atoms with Gasteiger partial charge in [0.1, 0.15) is 5.82 Å². The Bertz CT molecular complexity index is 787. The minimum absolute atomic E-state index is 0.0513. The van der Waals surface area contributed by atoms with Gasteiger partial charge in [0, 0.05) is 24.5 Å². The summed E-state index contributed by atoms with van der Waals surface area (Å²) in [4.78, 5) is 8.81. The maximum absolute atomic E-state index is 8.92. The molecule has 0 saturated heterocycles. The molecule has 3 rings (SSSR count). The predicted molar refractivity (Wildman–Crippen MR) is 93.1 cm³/mol. The molecular weight excluding hydrogens is 304 g/mol. The van der Waals surface area contributed by atoms with Gasteiger partial charge in [0.15, 0.2) is 0 Å². The maximum Gasteiger partial charge on any atom is 0.229 e. The Morgan fingerprint density at radius 2 is 2.00 bits per heavy atom. The third-order valence-corrected chi connectivity index (χ3v) is 3.49. The molecule has 1 aromatic carbocycles. The lowest BCUT2D eigenvalue weighted by Gasteiger charge is -2.10. The molecule has 0 saturated carbocycles. The largest absolute Gasteiger partial charge is 0.394 e. The lowest BCUT2D eigenvalue weighted by molar-refractivity contribution is 0.269. The molecule has 0 fully saturated rings. The second kappa shape index (κ2) is 7.56. The molecule has 0 aliphatic heterocycles. The van der Waals surface area contributed by atoms with Crippen LogP contribution in [0.15, 0.2) is 48.9 Å². The van der Waals surface area contributed by atoms with E-state index in [9.17, 15) is 0 Å². The molecular formula is C17H20N6O. The summed E-state index contributed by atoms with van der Waals surface area (Å²) >= 11 is 0. The van der Waals surface area contributed by atoms with E-state index in [1.807, 2.05) is 25.1 Å². The van der Waals surface area contributed by atoms with Crippen LogP contribution in [0.5, 0.6) is 0 Å². The van der Waals surface area contributed by atoms with E-state index < -0.39 is 0 Å². The topological polar surface area (TPSA) is 87.9 Å². The summed E-state index contributed by atoms with van der Waals surface area (Å²) in [6.07, 6.45) is 5.26. The number of hydrogen-bond acceptors (Lipinski definition) is 6. The zero-order chi connectivity index (χ0) is 16.8. The minimum Gasteiger partial charge on any atom is -0.394 e. The van der Waals surface area contributed by atoms with Crippen LogP contribution in [0, 0.1) is 6.92 Å². The Morgan fingerprint density at radius 1 is 1.17 bits per heavy atom. The van der Waals surface area contributed by atoms with Gasteiger partial charge in [0.05, 0.1) is 25.0 Å². The summed E-state index contributed by atoms with van der Waals surface area (Å²) in [6.45, 7) is 3.18. The number of nitrogens with one attached hydrogen (secondary N) is 2. The van der Waals surface area contributed by atoms with E-state index in [-0.39, 0.29) is 6.61 Å². The fourth-order valence-corrected chi connectivity index (χ4v) is 2.24. The summed E-state index contributed by atoms with van der Waals surface area (Å²) in [7, 11) is 0. The molecule has 7 heteroatoms. The van der Waals surface area contributed by atoms with E-state index in [1.165, 1.54) is 5.56 Å². The highest BCUT2D eigenvalue weighted by molar-refractivity contribution is 5.54. The number of aliphatic hydroxyl groups excluding tert-OH is 1. The van der Waals surface area contributed by atoms with Crippen molar-refractivity contribution in [1.29, 1.82) is 0 Å². The van der Waals surface area contributed by atoms with Crippen LogP contribution < -0.4 is 10.6 Å². The van der Waals surface area contributed by atoms with Crippen molar-refractivity contribution in [2.45, 2.75) is 20.0 Å². The average Bonchev–Trinajstić information content (AvgIpc) is 3.04. The highest BCUT2D eigenvalue weighted by Gasteiger charge is 2.06. The number of aliphatic hydroxyl groups is 1. The first-order valence-electron chi connectivity index (χ1n) is 7.76. The first kappa shape index (κ1) is 15.9. The first-order chi connectivity index (χ1) is 11.7. The predicted octanol–water partition coefficient (Wildman–Crippen LogP) is 2.33. The van der Waals surface area contributed by atoms with Crippen molar-refractivity contribution in [2.24, 2.45) is 0 Å². The molecule has 0 bridgehead atoms. The summed E-state index contributed by atoms with van der Waals surface area (Å²) < 4.78 is 1.66. The Labute approximate surface area is 140 Å². The van der Waals surface area contributed by atoms with Crippen LogP contribution in [0.1, 0.15) is 11.1 Å². The second-order valence-electron chi connectivity index (χ2n) is 5.41. The lowest BCUT2D eigenvalue weighted by atomic mass is 10.2. The van der Waals surface area contributed by atoms with Gasteiger partial charge in [-0.3, -0.25) is 4.68 Å². The molecule has 0 unspecified atom stereocenters. The summed E-state index contributed by atoms with van der Waals surface area (Å²) in [5.41, 5.74) is 2.95. The Balaban J connectivity index is 1.68. The molecule has 0 radical (unpaired) electrons. The van der Waals surface area contributed by atoms with Gasteiger partial charge in [0.25, 0.3) is 0 Å². The van der Waals surface area contributed by atoms with Crippen molar-refractivity contribution in [3.05, 3.63) is 60.0 Å². The van der Waals surface area contributed by atoms with Crippen molar-refractivity contribution in [2.75, 3.05) is 17.2 Å². The van der Waals surface area contributed by atoms with E-state index in [4.69, 9.17) is 5.11 Å². The van der Waals surface area contributed by atoms with Gasteiger partial charge in [-0.15, -0.1) is 0 Å². The Hall–Kier alpha value is -2.93. The number of aryl methyl sites for hydroxylation is 1. The third kappa shape index (κ3) is 4.08. The van der Waals surface area contributed by atoms with Crippen molar-refractivity contribution in [1.82, 2.24) is 19.7 Å². The molecule has 0 aliphatic carbocycles. The molecule has 124 valence electrons. The minimum atomic E-state index is 0.0513. The first-order valence-corrected chi connectivity index (χ1v) is 7.76. The number of nitrogens with zero attached hydrogens (tertiary/aromatic N) is 4. The molecule has 7 nitrogen and oxygen atoms in total. The monoisotopic (exact) mass is 324 g/mol. The fraction of sp³-hybridized carbons (Fsp3) is 0.235. The molecule has 24 heavy (non-hydrogen) atoms. The van der Waals surface area contributed by atoms with Crippen LogP contribution in [0.4, 0.5) is 17.5 Å². The Kier molecular flexibility index (Phi) is 5.02. The van der Waals surface area contributed by atoms with Gasteiger partial charge < -0.3 is 15.7 Å². The van der Waals surface area contributed by atoms with Crippen LogP contribution in [0.2, 0.25) is 0 Å². The number of benzene rings is 1. The van der Waals surface area contributed by atoms with Crippen molar-refractivity contribution >= 4 is 17.5 Å². The van der Waals surface area contributed by atoms with Crippen LogP contribution in [0.3, 0.4) is 0 Å². The van der Waals surface area contributed by atoms with Gasteiger partial charge in [-0.1, -0.05) is 30.3 Å². The normalized spacial score (nSPS) is 10.6. The fourth-order valence-electron chi connectivity index (χ4n) is 2.24. The molecule has 0 atom stereocenters. The lowest BCUT2D eigenvalue weighted by Crippen LogP contribution is -2.06. The van der Waals surface area contributed by atoms with E-state index >= 15 is 0 Å². The van der Waals surface area contributed by atoms with Crippen molar-refractivity contribution < 1.29 is 5.11 Å². The summed E-state index contributed by atoms with van der Waals surface area (Å²) in [5, 5.41) is 19.5. The van der Waals surface area contributed by atoms with Crippen molar-refractivity contribution in [3.63, 3.8) is 0 Å². The molecule has 3 N–H and O–H groups in total. The number of anilines is 3. The highest BCUT2D eigenvalue weighted by atomic mass is 16.3. The van der Waals surface area contributed by atoms with E-state index in [0.717, 1.165) is 17.1 Å². The van der Waals surface area contributed by atoms with Crippen LogP contribution in [-0.2, 0) is 13.1 Å². The second-order valence-corrected chi connectivity index (χ2v) is 5.41.